The number of carbonyl (C=O) groups is 1. The van der Waals surface area contributed by atoms with E-state index < -0.39 is 0 Å². The first-order valence-corrected chi connectivity index (χ1v) is 7.26. The zero-order valence-electron chi connectivity index (χ0n) is 12.8. The molecule has 1 amide bonds. The van der Waals surface area contributed by atoms with Crippen LogP contribution in [0.5, 0.6) is 0 Å². The molecule has 0 atom stereocenters. The molecule has 1 saturated heterocycles. The summed E-state index contributed by atoms with van der Waals surface area (Å²) in [7, 11) is 1.70. The van der Waals surface area contributed by atoms with Gasteiger partial charge in [0.25, 0.3) is 0 Å². The van der Waals surface area contributed by atoms with Gasteiger partial charge in [0.15, 0.2) is 5.82 Å². The smallest absolute Gasteiger partial charge is 0.222 e. The summed E-state index contributed by atoms with van der Waals surface area (Å²) < 4.78 is 1.99. The van der Waals surface area contributed by atoms with Crippen LogP contribution in [0.2, 0.25) is 0 Å². The Balaban J connectivity index is 2.16. The third-order valence-electron chi connectivity index (χ3n) is 4.01. The zero-order chi connectivity index (χ0) is 14.9. The molecule has 3 N–H and O–H groups in total. The lowest BCUT2D eigenvalue weighted by Crippen LogP contribution is -2.40. The number of amides is 1. The van der Waals surface area contributed by atoms with Gasteiger partial charge in [-0.3, -0.25) is 4.79 Å². The fourth-order valence-electron chi connectivity index (χ4n) is 2.78. The van der Waals surface area contributed by atoms with E-state index in [4.69, 9.17) is 5.73 Å². The molecule has 0 saturated carbocycles. The van der Waals surface area contributed by atoms with Crippen molar-refractivity contribution in [1.29, 1.82) is 0 Å². The summed E-state index contributed by atoms with van der Waals surface area (Å²) >= 11 is 0. The number of piperidine rings is 1. The summed E-state index contributed by atoms with van der Waals surface area (Å²) in [5, 5.41) is 7.26. The quantitative estimate of drug-likeness (QED) is 0.875. The maximum absolute atomic E-state index is 11.7. The van der Waals surface area contributed by atoms with Gasteiger partial charge < -0.3 is 16.0 Å². The van der Waals surface area contributed by atoms with E-state index in [1.165, 1.54) is 0 Å². The largest absolute Gasteiger partial charge is 0.394 e. The van der Waals surface area contributed by atoms with Gasteiger partial charge in [-0.1, -0.05) is 0 Å². The number of nitrogens with one attached hydrogen (secondary N) is 1. The van der Waals surface area contributed by atoms with Crippen LogP contribution in [0.15, 0.2) is 0 Å². The number of rotatable bonds is 3. The first-order chi connectivity index (χ1) is 9.45. The Labute approximate surface area is 120 Å². The highest BCUT2D eigenvalue weighted by Crippen LogP contribution is 2.32. The van der Waals surface area contributed by atoms with Gasteiger partial charge in [0, 0.05) is 32.1 Å². The number of nitrogens with zero attached hydrogens (tertiary/aromatic N) is 3. The SMILES string of the molecule is CNC(=O)C1CCN(c2c(N)c(C)nn2C(C)C)CC1. The summed E-state index contributed by atoms with van der Waals surface area (Å²) in [4.78, 5) is 13.9. The zero-order valence-corrected chi connectivity index (χ0v) is 12.8. The average Bonchev–Trinajstić information content (AvgIpc) is 2.74. The molecule has 20 heavy (non-hydrogen) atoms. The highest BCUT2D eigenvalue weighted by molar-refractivity contribution is 5.78. The van der Waals surface area contributed by atoms with Crippen molar-refractivity contribution in [3.63, 3.8) is 0 Å². The number of aromatic nitrogens is 2. The van der Waals surface area contributed by atoms with Crippen molar-refractivity contribution in [2.45, 2.75) is 39.7 Å². The summed E-state index contributed by atoms with van der Waals surface area (Å²) in [6.07, 6.45) is 1.73. The Morgan fingerprint density at radius 3 is 2.50 bits per heavy atom. The number of carbonyl (C=O) groups excluding carboxylic acids is 1. The molecule has 2 rings (SSSR count). The van der Waals surface area contributed by atoms with E-state index in [2.05, 4.69) is 29.2 Å². The van der Waals surface area contributed by atoms with Crippen LogP contribution < -0.4 is 16.0 Å². The Hall–Kier alpha value is -1.72. The van der Waals surface area contributed by atoms with E-state index in [-0.39, 0.29) is 17.9 Å². The van der Waals surface area contributed by atoms with Crippen LogP contribution in [0.25, 0.3) is 0 Å². The highest BCUT2D eigenvalue weighted by atomic mass is 16.1. The second-order valence-corrected chi connectivity index (χ2v) is 5.74. The van der Waals surface area contributed by atoms with Crippen molar-refractivity contribution in [3.05, 3.63) is 5.69 Å². The maximum atomic E-state index is 11.7. The standard InChI is InChI=1S/C14H25N5O/c1-9(2)19-14(12(15)10(3)17-19)18-7-5-11(6-8-18)13(20)16-4/h9,11H,5-8,15H2,1-4H3,(H,16,20). The van der Waals surface area contributed by atoms with Gasteiger partial charge in [-0.15, -0.1) is 0 Å². The molecule has 0 bridgehead atoms. The summed E-state index contributed by atoms with van der Waals surface area (Å²) in [6.45, 7) is 7.84. The normalized spacial score (nSPS) is 16.8. The van der Waals surface area contributed by atoms with Crippen molar-refractivity contribution < 1.29 is 4.79 Å². The molecule has 0 aromatic carbocycles. The molecule has 112 valence electrons. The van der Waals surface area contributed by atoms with Gasteiger partial charge in [0.2, 0.25) is 5.91 Å². The predicted molar refractivity (Wildman–Crippen MR) is 80.8 cm³/mol. The van der Waals surface area contributed by atoms with Crippen LogP contribution in [0.4, 0.5) is 11.5 Å². The molecule has 1 aliphatic heterocycles. The second kappa shape index (κ2) is 5.73. The molecule has 0 spiro atoms. The van der Waals surface area contributed by atoms with Crippen LogP contribution >= 0.6 is 0 Å². The van der Waals surface area contributed by atoms with Crippen molar-refractivity contribution in [3.8, 4) is 0 Å². The van der Waals surface area contributed by atoms with Crippen LogP contribution in [-0.4, -0.2) is 35.8 Å². The molecular weight excluding hydrogens is 254 g/mol. The molecule has 6 nitrogen and oxygen atoms in total. The molecule has 0 radical (unpaired) electrons. The topological polar surface area (TPSA) is 76.2 Å². The molecule has 2 heterocycles. The van der Waals surface area contributed by atoms with Crippen molar-refractivity contribution >= 4 is 17.4 Å². The monoisotopic (exact) mass is 279 g/mol. The number of hydrogen-bond donors (Lipinski definition) is 2. The minimum Gasteiger partial charge on any atom is -0.394 e. The van der Waals surface area contributed by atoms with Crippen LogP contribution in [0.1, 0.15) is 38.4 Å². The van der Waals surface area contributed by atoms with Crippen molar-refractivity contribution in [2.24, 2.45) is 5.92 Å². The summed E-state index contributed by atoms with van der Waals surface area (Å²) in [6, 6.07) is 0.276. The molecule has 6 heteroatoms. The minimum absolute atomic E-state index is 0.119. The molecule has 1 fully saturated rings. The van der Waals surface area contributed by atoms with Gasteiger partial charge in [-0.2, -0.15) is 5.10 Å². The Bertz CT molecular complexity index is 486. The van der Waals surface area contributed by atoms with E-state index in [9.17, 15) is 4.79 Å². The second-order valence-electron chi connectivity index (χ2n) is 5.74. The summed E-state index contributed by atoms with van der Waals surface area (Å²) in [5.74, 6) is 1.27. The molecule has 1 aromatic heterocycles. The Kier molecular flexibility index (Phi) is 4.20. The Morgan fingerprint density at radius 1 is 1.40 bits per heavy atom. The third-order valence-corrected chi connectivity index (χ3v) is 4.01. The van der Waals surface area contributed by atoms with Crippen LogP contribution in [-0.2, 0) is 4.79 Å². The number of aryl methyl sites for hydroxylation is 1. The third kappa shape index (κ3) is 2.59. The number of nitrogen functional groups attached to an aromatic ring is 1. The molecule has 1 aliphatic rings. The maximum Gasteiger partial charge on any atom is 0.222 e. The van der Waals surface area contributed by atoms with Gasteiger partial charge in [0.1, 0.15) is 0 Å². The van der Waals surface area contributed by atoms with Gasteiger partial charge in [-0.25, -0.2) is 4.68 Å². The molecule has 1 aromatic rings. The van der Waals surface area contributed by atoms with E-state index in [0.29, 0.717) is 0 Å². The molecule has 0 unspecified atom stereocenters. The average molecular weight is 279 g/mol. The van der Waals surface area contributed by atoms with E-state index in [1.807, 2.05) is 11.6 Å². The fraction of sp³-hybridized carbons (Fsp3) is 0.714. The van der Waals surface area contributed by atoms with Crippen molar-refractivity contribution in [1.82, 2.24) is 15.1 Å². The summed E-state index contributed by atoms with van der Waals surface area (Å²) in [5.41, 5.74) is 7.83. The van der Waals surface area contributed by atoms with E-state index in [1.54, 1.807) is 7.05 Å². The Morgan fingerprint density at radius 2 is 2.00 bits per heavy atom. The first-order valence-electron chi connectivity index (χ1n) is 7.26. The van der Waals surface area contributed by atoms with E-state index >= 15 is 0 Å². The number of hydrogen-bond acceptors (Lipinski definition) is 4. The van der Waals surface area contributed by atoms with Crippen LogP contribution in [0.3, 0.4) is 0 Å². The lowest BCUT2D eigenvalue weighted by Gasteiger charge is -2.33. The number of nitrogens with two attached hydrogens (primary N) is 1. The van der Waals surface area contributed by atoms with Crippen LogP contribution in [0, 0.1) is 12.8 Å². The molecule has 0 aliphatic carbocycles. The van der Waals surface area contributed by atoms with Gasteiger partial charge >= 0.3 is 0 Å². The van der Waals surface area contributed by atoms with Gasteiger partial charge in [0.05, 0.1) is 11.4 Å². The van der Waals surface area contributed by atoms with E-state index in [0.717, 1.165) is 43.1 Å². The predicted octanol–water partition coefficient (Wildman–Crippen LogP) is 1.32. The first kappa shape index (κ1) is 14.7. The highest BCUT2D eigenvalue weighted by Gasteiger charge is 2.28. The molecular formula is C14H25N5O. The minimum atomic E-state index is 0.119. The number of anilines is 2. The van der Waals surface area contributed by atoms with Crippen molar-refractivity contribution in [2.75, 3.05) is 30.8 Å². The van der Waals surface area contributed by atoms with Gasteiger partial charge in [-0.05, 0) is 33.6 Å². The lowest BCUT2D eigenvalue weighted by molar-refractivity contribution is -0.125. The lowest BCUT2D eigenvalue weighted by atomic mass is 9.96. The fourth-order valence-corrected chi connectivity index (χ4v) is 2.78.